The number of hydrogen-bond donors (Lipinski definition) is 2. The van der Waals surface area contributed by atoms with E-state index in [0.717, 1.165) is 48.2 Å². The molecule has 2 N–H and O–H groups in total. The van der Waals surface area contributed by atoms with Crippen molar-refractivity contribution in [2.24, 2.45) is 5.41 Å². The van der Waals surface area contributed by atoms with Gasteiger partial charge in [-0.15, -0.1) is 0 Å². The Morgan fingerprint density at radius 3 is 2.61 bits per heavy atom. The van der Waals surface area contributed by atoms with Crippen LogP contribution in [0.1, 0.15) is 53.4 Å². The Hall–Kier alpha value is -3.25. The number of carbonyl (C=O) groups is 1. The normalized spacial score (nSPS) is 23.6. The highest BCUT2D eigenvalue weighted by Gasteiger charge is 2.54. The Morgan fingerprint density at radius 1 is 1.18 bits per heavy atom. The van der Waals surface area contributed by atoms with Gasteiger partial charge in [0.05, 0.1) is 23.2 Å². The standard InChI is InChI=1S/C27H28FN3O2/c1-26-16-20-17-30-31(23-9-7-22(28)8-10-23)24(20)15-21(26)12-14-27(26,33)13-11-18-3-5-19(6-4-18)25(32)29-2/h3-10,15,17,33H,11-14,16H2,1-2H3,(H,29,32)/t26-,27-/m0/s1. The summed E-state index contributed by atoms with van der Waals surface area (Å²) in [7, 11) is 1.62. The largest absolute Gasteiger partial charge is 0.389 e. The second-order valence-electron chi connectivity index (χ2n) is 9.43. The van der Waals surface area contributed by atoms with E-state index in [-0.39, 0.29) is 17.1 Å². The van der Waals surface area contributed by atoms with Crippen molar-refractivity contribution in [2.45, 2.75) is 44.6 Å². The minimum absolute atomic E-state index is 0.0996. The van der Waals surface area contributed by atoms with E-state index < -0.39 is 5.60 Å². The van der Waals surface area contributed by atoms with Crippen LogP contribution in [-0.2, 0) is 12.8 Å². The maximum Gasteiger partial charge on any atom is 0.251 e. The summed E-state index contributed by atoms with van der Waals surface area (Å²) < 4.78 is 15.2. The van der Waals surface area contributed by atoms with E-state index in [2.05, 4.69) is 23.4 Å². The van der Waals surface area contributed by atoms with Crippen molar-refractivity contribution in [3.8, 4) is 5.69 Å². The van der Waals surface area contributed by atoms with Crippen LogP contribution in [-0.4, -0.2) is 33.4 Å². The van der Waals surface area contributed by atoms with Crippen LogP contribution < -0.4 is 5.32 Å². The molecule has 1 amide bonds. The topological polar surface area (TPSA) is 67.2 Å². The first kappa shape index (κ1) is 21.6. The molecule has 33 heavy (non-hydrogen) atoms. The molecule has 0 aliphatic heterocycles. The summed E-state index contributed by atoms with van der Waals surface area (Å²) in [6.07, 6.45) is 7.73. The van der Waals surface area contributed by atoms with E-state index >= 15 is 0 Å². The van der Waals surface area contributed by atoms with E-state index in [0.29, 0.717) is 12.0 Å². The summed E-state index contributed by atoms with van der Waals surface area (Å²) in [4.78, 5) is 11.8. The zero-order valence-electron chi connectivity index (χ0n) is 18.9. The summed E-state index contributed by atoms with van der Waals surface area (Å²) in [5, 5.41) is 19.0. The highest BCUT2D eigenvalue weighted by molar-refractivity contribution is 5.93. The van der Waals surface area contributed by atoms with Gasteiger partial charge in [-0.1, -0.05) is 24.6 Å². The monoisotopic (exact) mass is 445 g/mol. The predicted octanol–water partition coefficient (Wildman–Crippen LogP) is 4.47. The second-order valence-corrected chi connectivity index (χ2v) is 9.43. The summed E-state index contributed by atoms with van der Waals surface area (Å²) in [5.41, 5.74) is 4.77. The fourth-order valence-electron chi connectivity index (χ4n) is 5.44. The molecule has 1 aromatic heterocycles. The average molecular weight is 446 g/mol. The highest BCUT2D eigenvalue weighted by atomic mass is 19.1. The fourth-order valence-corrected chi connectivity index (χ4v) is 5.44. The van der Waals surface area contributed by atoms with E-state index in [9.17, 15) is 14.3 Å². The molecule has 0 radical (unpaired) electrons. The van der Waals surface area contributed by atoms with Crippen LogP contribution in [0.2, 0.25) is 0 Å². The first-order valence-electron chi connectivity index (χ1n) is 11.4. The molecule has 0 bridgehead atoms. The third-order valence-electron chi connectivity index (χ3n) is 7.63. The lowest BCUT2D eigenvalue weighted by atomic mass is 9.65. The van der Waals surface area contributed by atoms with Gasteiger partial charge in [0.2, 0.25) is 0 Å². The molecule has 2 aliphatic rings. The van der Waals surface area contributed by atoms with E-state index in [1.165, 1.54) is 17.7 Å². The van der Waals surface area contributed by atoms with Crippen LogP contribution in [0.25, 0.3) is 11.8 Å². The molecule has 5 rings (SSSR count). The molecule has 1 fully saturated rings. The van der Waals surface area contributed by atoms with Gasteiger partial charge >= 0.3 is 0 Å². The van der Waals surface area contributed by atoms with Crippen LogP contribution >= 0.6 is 0 Å². The van der Waals surface area contributed by atoms with E-state index in [1.54, 1.807) is 19.2 Å². The van der Waals surface area contributed by atoms with Gasteiger partial charge < -0.3 is 10.4 Å². The molecule has 170 valence electrons. The number of amides is 1. The van der Waals surface area contributed by atoms with Gasteiger partial charge in [-0.2, -0.15) is 5.10 Å². The number of aryl methyl sites for hydroxylation is 1. The van der Waals surface area contributed by atoms with Gasteiger partial charge in [0, 0.05) is 18.0 Å². The van der Waals surface area contributed by atoms with Gasteiger partial charge in [0.1, 0.15) is 5.82 Å². The number of fused-ring (bicyclic) bond motifs is 2. The molecular formula is C27H28FN3O2. The third-order valence-corrected chi connectivity index (χ3v) is 7.63. The maximum absolute atomic E-state index is 13.4. The summed E-state index contributed by atoms with van der Waals surface area (Å²) >= 11 is 0. The van der Waals surface area contributed by atoms with Crippen molar-refractivity contribution < 1.29 is 14.3 Å². The number of halogens is 1. The first-order chi connectivity index (χ1) is 15.8. The summed E-state index contributed by atoms with van der Waals surface area (Å²) in [5.74, 6) is -0.368. The molecule has 6 heteroatoms. The SMILES string of the molecule is CNC(=O)c1ccc(CC[C@]2(O)CCC3=Cc4c(cnn4-c4ccc(F)cc4)C[C@@]32C)cc1. The number of nitrogens with zero attached hydrogens (tertiary/aromatic N) is 2. The number of hydrogen-bond acceptors (Lipinski definition) is 3. The van der Waals surface area contributed by atoms with Crippen molar-refractivity contribution in [3.05, 3.63) is 88.5 Å². The van der Waals surface area contributed by atoms with Gasteiger partial charge in [-0.25, -0.2) is 9.07 Å². The molecule has 2 aliphatic carbocycles. The number of carbonyl (C=O) groups excluding carboxylic acids is 1. The number of rotatable bonds is 5. The van der Waals surface area contributed by atoms with Gasteiger partial charge in [-0.05, 0) is 85.7 Å². The minimum Gasteiger partial charge on any atom is -0.389 e. The lowest BCUT2D eigenvalue weighted by molar-refractivity contribution is -0.0461. The lowest BCUT2D eigenvalue weighted by Gasteiger charge is -2.42. The Bertz CT molecular complexity index is 1230. The van der Waals surface area contributed by atoms with Crippen molar-refractivity contribution in [1.82, 2.24) is 15.1 Å². The number of benzene rings is 2. The van der Waals surface area contributed by atoms with Crippen LogP contribution in [0.4, 0.5) is 4.39 Å². The van der Waals surface area contributed by atoms with E-state index in [4.69, 9.17) is 0 Å². The van der Waals surface area contributed by atoms with Gasteiger partial charge in [0.25, 0.3) is 5.91 Å². The van der Waals surface area contributed by atoms with Crippen molar-refractivity contribution in [1.29, 1.82) is 0 Å². The quantitative estimate of drug-likeness (QED) is 0.609. The molecule has 5 nitrogen and oxygen atoms in total. The molecule has 1 saturated carbocycles. The molecule has 2 atom stereocenters. The Kier molecular flexibility index (Phi) is 5.20. The maximum atomic E-state index is 13.4. The number of nitrogens with one attached hydrogen (secondary N) is 1. The van der Waals surface area contributed by atoms with Crippen LogP contribution in [0.3, 0.4) is 0 Å². The lowest BCUT2D eigenvalue weighted by Crippen LogP contribution is -2.45. The Labute approximate surface area is 193 Å². The van der Waals surface area contributed by atoms with Crippen molar-refractivity contribution in [3.63, 3.8) is 0 Å². The summed E-state index contributed by atoms with van der Waals surface area (Å²) in [6, 6.07) is 13.9. The van der Waals surface area contributed by atoms with Crippen LogP contribution in [0.15, 0.2) is 60.3 Å². The smallest absolute Gasteiger partial charge is 0.251 e. The van der Waals surface area contributed by atoms with Crippen LogP contribution in [0, 0.1) is 11.2 Å². The zero-order chi connectivity index (χ0) is 23.2. The first-order valence-corrected chi connectivity index (χ1v) is 11.4. The molecule has 2 aromatic carbocycles. The average Bonchev–Trinajstić information content (AvgIpc) is 3.34. The molecule has 0 unspecified atom stereocenters. The Morgan fingerprint density at radius 2 is 1.91 bits per heavy atom. The zero-order valence-corrected chi connectivity index (χ0v) is 18.9. The second kappa shape index (κ2) is 7.96. The van der Waals surface area contributed by atoms with Gasteiger partial charge in [0.15, 0.2) is 0 Å². The molecule has 0 saturated heterocycles. The Balaban J connectivity index is 1.37. The third kappa shape index (κ3) is 3.59. The number of aromatic nitrogens is 2. The highest BCUT2D eigenvalue weighted by Crippen LogP contribution is 2.56. The van der Waals surface area contributed by atoms with E-state index in [1.807, 2.05) is 35.1 Å². The van der Waals surface area contributed by atoms with Crippen molar-refractivity contribution >= 4 is 12.0 Å². The van der Waals surface area contributed by atoms with Crippen molar-refractivity contribution in [2.75, 3.05) is 7.05 Å². The molecule has 1 heterocycles. The minimum atomic E-state index is -0.812. The molecule has 3 aromatic rings. The van der Waals surface area contributed by atoms with Crippen LogP contribution in [0.5, 0.6) is 0 Å². The number of aliphatic hydroxyl groups is 1. The predicted molar refractivity (Wildman–Crippen MR) is 126 cm³/mol. The summed E-state index contributed by atoms with van der Waals surface area (Å²) in [6.45, 7) is 2.17. The molecule has 0 spiro atoms. The molecular weight excluding hydrogens is 417 g/mol. The fraction of sp³-hybridized carbons (Fsp3) is 0.333. The van der Waals surface area contributed by atoms with Gasteiger partial charge in [-0.3, -0.25) is 4.79 Å².